The molecular formula is C17H28N2O. The molecule has 1 aromatic heterocycles. The van der Waals surface area contributed by atoms with Crippen molar-refractivity contribution in [2.75, 3.05) is 13.1 Å². The molecule has 1 aromatic rings. The first-order valence-electron chi connectivity index (χ1n) is 8.24. The van der Waals surface area contributed by atoms with Gasteiger partial charge in [-0.05, 0) is 64.1 Å². The zero-order valence-corrected chi connectivity index (χ0v) is 13.0. The Kier molecular flexibility index (Phi) is 4.47. The highest BCUT2D eigenvalue weighted by molar-refractivity contribution is 5.21. The van der Waals surface area contributed by atoms with Crippen LogP contribution < -0.4 is 5.32 Å². The van der Waals surface area contributed by atoms with Crippen LogP contribution >= 0.6 is 0 Å². The average Bonchev–Trinajstić information content (AvgIpc) is 3.20. The molecule has 112 valence electrons. The number of furan rings is 1. The topological polar surface area (TPSA) is 28.4 Å². The van der Waals surface area contributed by atoms with E-state index in [0.29, 0.717) is 0 Å². The summed E-state index contributed by atoms with van der Waals surface area (Å²) in [4.78, 5) is 2.60. The zero-order valence-electron chi connectivity index (χ0n) is 13.0. The monoisotopic (exact) mass is 276 g/mol. The highest BCUT2D eigenvalue weighted by Gasteiger charge is 2.21. The van der Waals surface area contributed by atoms with E-state index in [1.165, 1.54) is 50.8 Å². The first-order valence-corrected chi connectivity index (χ1v) is 8.24. The number of likely N-dealkylation sites (tertiary alicyclic amines) is 1. The molecule has 3 rings (SSSR count). The van der Waals surface area contributed by atoms with Crippen LogP contribution in [0.3, 0.4) is 0 Å². The number of nitrogens with zero attached hydrogens (tertiary/aromatic N) is 1. The third-order valence-corrected chi connectivity index (χ3v) is 4.72. The van der Waals surface area contributed by atoms with Crippen LogP contribution in [0.5, 0.6) is 0 Å². The molecule has 0 aromatic carbocycles. The molecule has 1 aliphatic carbocycles. The standard InChI is InChI=1S/C17H28N2O/c1-13-4-3-8-19(9-7-13)12-15-10-17(20-14(15)2)11-18-16-5-6-16/h10,13,16,18H,3-9,11-12H2,1-2H3. The summed E-state index contributed by atoms with van der Waals surface area (Å²) in [7, 11) is 0. The van der Waals surface area contributed by atoms with E-state index in [-0.39, 0.29) is 0 Å². The fourth-order valence-electron chi connectivity index (χ4n) is 3.09. The molecule has 1 N–H and O–H groups in total. The Morgan fingerprint density at radius 1 is 1.25 bits per heavy atom. The Morgan fingerprint density at radius 3 is 2.90 bits per heavy atom. The lowest BCUT2D eigenvalue weighted by Gasteiger charge is -2.19. The molecule has 3 nitrogen and oxygen atoms in total. The fourth-order valence-corrected chi connectivity index (χ4v) is 3.09. The molecule has 1 unspecified atom stereocenters. The van der Waals surface area contributed by atoms with Crippen LogP contribution in [0.1, 0.15) is 56.1 Å². The fraction of sp³-hybridized carbons (Fsp3) is 0.765. The van der Waals surface area contributed by atoms with Gasteiger partial charge >= 0.3 is 0 Å². The quantitative estimate of drug-likeness (QED) is 0.892. The number of hydrogen-bond donors (Lipinski definition) is 1. The van der Waals surface area contributed by atoms with Gasteiger partial charge in [0.2, 0.25) is 0 Å². The molecule has 1 atom stereocenters. The van der Waals surface area contributed by atoms with E-state index in [4.69, 9.17) is 4.42 Å². The summed E-state index contributed by atoms with van der Waals surface area (Å²) >= 11 is 0. The predicted molar refractivity (Wildman–Crippen MR) is 81.6 cm³/mol. The van der Waals surface area contributed by atoms with Gasteiger partial charge in [-0.1, -0.05) is 6.92 Å². The van der Waals surface area contributed by atoms with Crippen molar-refractivity contribution in [3.63, 3.8) is 0 Å². The summed E-state index contributed by atoms with van der Waals surface area (Å²) in [5, 5.41) is 3.53. The molecule has 0 bridgehead atoms. The van der Waals surface area contributed by atoms with Crippen LogP contribution in [-0.2, 0) is 13.1 Å². The lowest BCUT2D eigenvalue weighted by atomic mass is 10.0. The van der Waals surface area contributed by atoms with Crippen LogP contribution in [0, 0.1) is 12.8 Å². The summed E-state index contributed by atoms with van der Waals surface area (Å²) in [5.41, 5.74) is 1.38. The number of hydrogen-bond acceptors (Lipinski definition) is 3. The molecule has 2 fully saturated rings. The van der Waals surface area contributed by atoms with E-state index < -0.39 is 0 Å². The van der Waals surface area contributed by atoms with Crippen molar-refractivity contribution >= 4 is 0 Å². The van der Waals surface area contributed by atoms with E-state index in [9.17, 15) is 0 Å². The third-order valence-electron chi connectivity index (χ3n) is 4.72. The van der Waals surface area contributed by atoms with Gasteiger partial charge in [-0.15, -0.1) is 0 Å². The smallest absolute Gasteiger partial charge is 0.118 e. The van der Waals surface area contributed by atoms with Crippen LogP contribution in [0.4, 0.5) is 0 Å². The number of aryl methyl sites for hydroxylation is 1. The number of rotatable bonds is 5. The van der Waals surface area contributed by atoms with Gasteiger partial charge in [-0.25, -0.2) is 0 Å². The number of nitrogens with one attached hydrogen (secondary N) is 1. The Bertz CT molecular complexity index is 436. The largest absolute Gasteiger partial charge is 0.465 e. The molecule has 0 radical (unpaired) electrons. The molecule has 20 heavy (non-hydrogen) atoms. The van der Waals surface area contributed by atoms with E-state index in [0.717, 1.165) is 36.6 Å². The first kappa shape index (κ1) is 14.2. The summed E-state index contributed by atoms with van der Waals surface area (Å²) in [5.74, 6) is 3.10. The summed E-state index contributed by atoms with van der Waals surface area (Å²) in [6.07, 6.45) is 6.73. The minimum absolute atomic E-state index is 0.746. The van der Waals surface area contributed by atoms with Gasteiger partial charge < -0.3 is 9.73 Å². The van der Waals surface area contributed by atoms with E-state index in [2.05, 4.69) is 30.1 Å². The molecule has 1 aliphatic heterocycles. The van der Waals surface area contributed by atoms with Gasteiger partial charge in [0.1, 0.15) is 11.5 Å². The van der Waals surface area contributed by atoms with Crippen LogP contribution in [0.25, 0.3) is 0 Å². The SMILES string of the molecule is Cc1oc(CNC2CC2)cc1CN1CCCC(C)CC1. The lowest BCUT2D eigenvalue weighted by molar-refractivity contribution is 0.272. The molecule has 3 heteroatoms. The highest BCUT2D eigenvalue weighted by Crippen LogP contribution is 2.23. The molecule has 1 saturated heterocycles. The van der Waals surface area contributed by atoms with Crippen LogP contribution in [0.15, 0.2) is 10.5 Å². The normalized spacial score (nSPS) is 24.8. The maximum absolute atomic E-state index is 5.90. The summed E-state index contributed by atoms with van der Waals surface area (Å²) in [6, 6.07) is 3.01. The average molecular weight is 276 g/mol. The van der Waals surface area contributed by atoms with Crippen molar-refractivity contribution in [3.8, 4) is 0 Å². The molecular weight excluding hydrogens is 248 g/mol. The van der Waals surface area contributed by atoms with Gasteiger partial charge in [-0.3, -0.25) is 4.90 Å². The Labute approximate surface area is 122 Å². The van der Waals surface area contributed by atoms with Crippen LogP contribution in [0.2, 0.25) is 0 Å². The highest BCUT2D eigenvalue weighted by atomic mass is 16.3. The van der Waals surface area contributed by atoms with Gasteiger partial charge in [0.15, 0.2) is 0 Å². The van der Waals surface area contributed by atoms with Crippen molar-refractivity contribution in [2.24, 2.45) is 5.92 Å². The van der Waals surface area contributed by atoms with E-state index in [1.807, 2.05) is 0 Å². The minimum atomic E-state index is 0.746. The first-order chi connectivity index (χ1) is 9.70. The van der Waals surface area contributed by atoms with E-state index >= 15 is 0 Å². The minimum Gasteiger partial charge on any atom is -0.465 e. The third kappa shape index (κ3) is 3.86. The predicted octanol–water partition coefficient (Wildman–Crippen LogP) is 3.46. The molecule has 2 heterocycles. The maximum atomic E-state index is 5.90. The summed E-state index contributed by atoms with van der Waals surface area (Å²) < 4.78 is 5.90. The Morgan fingerprint density at radius 2 is 2.10 bits per heavy atom. The molecule has 0 spiro atoms. The van der Waals surface area contributed by atoms with Gasteiger partial charge in [0.25, 0.3) is 0 Å². The van der Waals surface area contributed by atoms with Gasteiger partial charge in [-0.2, -0.15) is 0 Å². The second-order valence-corrected chi connectivity index (χ2v) is 6.76. The van der Waals surface area contributed by atoms with Crippen molar-refractivity contribution in [1.29, 1.82) is 0 Å². The van der Waals surface area contributed by atoms with Gasteiger partial charge in [0.05, 0.1) is 6.54 Å². The van der Waals surface area contributed by atoms with Crippen molar-refractivity contribution in [3.05, 3.63) is 23.2 Å². The summed E-state index contributed by atoms with van der Waals surface area (Å²) in [6.45, 7) is 8.92. The Balaban J connectivity index is 1.55. The van der Waals surface area contributed by atoms with E-state index in [1.54, 1.807) is 0 Å². The molecule has 1 saturated carbocycles. The Hall–Kier alpha value is -0.800. The maximum Gasteiger partial charge on any atom is 0.118 e. The van der Waals surface area contributed by atoms with Crippen LogP contribution in [-0.4, -0.2) is 24.0 Å². The zero-order chi connectivity index (χ0) is 13.9. The van der Waals surface area contributed by atoms with Crippen molar-refractivity contribution in [1.82, 2.24) is 10.2 Å². The second-order valence-electron chi connectivity index (χ2n) is 6.76. The second kappa shape index (κ2) is 6.31. The lowest BCUT2D eigenvalue weighted by Crippen LogP contribution is -2.24. The molecule has 0 amide bonds. The molecule has 2 aliphatic rings. The van der Waals surface area contributed by atoms with Gasteiger partial charge in [0, 0.05) is 18.2 Å². The van der Waals surface area contributed by atoms with Crippen molar-refractivity contribution < 1.29 is 4.42 Å². The van der Waals surface area contributed by atoms with Crippen molar-refractivity contribution in [2.45, 2.75) is 65.1 Å².